The zero-order chi connectivity index (χ0) is 31.0. The second kappa shape index (κ2) is 11.7. The molecule has 0 aliphatic heterocycles. The third-order valence-corrected chi connectivity index (χ3v) is 7.87. The first-order valence-electron chi connectivity index (χ1n) is 13.4. The number of nitrogens with zero attached hydrogens (tertiary/aromatic N) is 7. The molecule has 0 radical (unpaired) electrons. The number of benzene rings is 2. The van der Waals surface area contributed by atoms with Gasteiger partial charge in [-0.25, -0.2) is 9.18 Å². The summed E-state index contributed by atoms with van der Waals surface area (Å²) >= 11 is 6.09. The number of aromatic nitrogens is 7. The third-order valence-electron chi connectivity index (χ3n) is 7.58. The van der Waals surface area contributed by atoms with Gasteiger partial charge >= 0.3 is 12.1 Å². The Labute approximate surface area is 254 Å². The number of ether oxygens (including phenoxy) is 1. The molecule has 2 aromatic carbocycles. The summed E-state index contributed by atoms with van der Waals surface area (Å²) in [5, 5.41) is 41.1. The largest absolute Gasteiger partial charge is 0.618 e. The molecule has 0 saturated heterocycles. The molecule has 0 bridgehead atoms. The average Bonchev–Trinajstić information content (AvgIpc) is 3.35. The Kier molecular flexibility index (Phi) is 7.66. The molecule has 1 amide bonds. The maximum absolute atomic E-state index is 15.3. The molecule has 224 valence electrons. The van der Waals surface area contributed by atoms with Crippen molar-refractivity contribution in [2.75, 3.05) is 12.4 Å². The topological polar surface area (TPSA) is 164 Å². The lowest BCUT2D eigenvalue weighted by atomic mass is 10.0. The number of carbonyl (C=O) groups excluding carboxylic acids is 1. The standard InChI is InChI=1S/C29H24ClFN8O5/c1-44-29(42)34-20-5-2-16(3-6-20)19-12-33-37(13-19)25(11-18-10-21(18)28(40)41)23-8-4-17(14-39(23)43)26-24(38-15-32-35-36-38)9-7-22(30)27(26)31/h2-9,12-15,18,21,25H,10-11H2,1H3,(H,34,42)(H,40,41)/t18-,21-,25?/m0/s1. The molecule has 3 heterocycles. The number of carbonyl (C=O) groups is 2. The number of hydrogen-bond acceptors (Lipinski definition) is 8. The van der Waals surface area contributed by atoms with Crippen molar-refractivity contribution in [1.82, 2.24) is 30.0 Å². The van der Waals surface area contributed by atoms with Crippen LogP contribution in [0.5, 0.6) is 0 Å². The summed E-state index contributed by atoms with van der Waals surface area (Å²) in [6.07, 6.45) is 6.21. The maximum Gasteiger partial charge on any atom is 0.411 e. The summed E-state index contributed by atoms with van der Waals surface area (Å²) in [5.74, 6) is -2.27. The lowest BCUT2D eigenvalue weighted by Crippen LogP contribution is -2.35. The zero-order valence-electron chi connectivity index (χ0n) is 23.0. The molecule has 13 nitrogen and oxygen atoms in total. The van der Waals surface area contributed by atoms with Gasteiger partial charge in [-0.05, 0) is 65.1 Å². The van der Waals surface area contributed by atoms with Crippen LogP contribution in [0.1, 0.15) is 24.6 Å². The highest BCUT2D eigenvalue weighted by Gasteiger charge is 2.45. The summed E-state index contributed by atoms with van der Waals surface area (Å²) in [6.45, 7) is 0. The Bertz CT molecular complexity index is 1850. The van der Waals surface area contributed by atoms with Gasteiger partial charge in [0.2, 0.25) is 5.69 Å². The number of hydrogen-bond donors (Lipinski definition) is 2. The van der Waals surface area contributed by atoms with Crippen LogP contribution in [0.3, 0.4) is 0 Å². The predicted molar refractivity (Wildman–Crippen MR) is 154 cm³/mol. The van der Waals surface area contributed by atoms with Crippen molar-refractivity contribution in [3.8, 4) is 27.9 Å². The van der Waals surface area contributed by atoms with Crippen LogP contribution in [0.2, 0.25) is 5.02 Å². The zero-order valence-corrected chi connectivity index (χ0v) is 23.8. The predicted octanol–water partition coefficient (Wildman–Crippen LogP) is 4.50. The smallest absolute Gasteiger partial charge is 0.411 e. The molecule has 6 rings (SSSR count). The molecular weight excluding hydrogens is 595 g/mol. The first-order valence-corrected chi connectivity index (χ1v) is 13.8. The number of halogens is 2. The van der Waals surface area contributed by atoms with E-state index < -0.39 is 29.8 Å². The lowest BCUT2D eigenvalue weighted by Gasteiger charge is -2.18. The first kappa shape index (κ1) is 28.7. The van der Waals surface area contributed by atoms with E-state index in [1.54, 1.807) is 59.5 Å². The molecule has 3 aromatic heterocycles. The highest BCUT2D eigenvalue weighted by molar-refractivity contribution is 6.31. The molecule has 1 aliphatic carbocycles. The molecule has 1 unspecified atom stereocenters. The number of rotatable bonds is 9. The Balaban J connectivity index is 1.35. The lowest BCUT2D eigenvalue weighted by molar-refractivity contribution is -0.615. The molecule has 44 heavy (non-hydrogen) atoms. The molecule has 2 N–H and O–H groups in total. The van der Waals surface area contributed by atoms with Crippen LogP contribution in [0.25, 0.3) is 27.9 Å². The van der Waals surface area contributed by atoms with Crippen molar-refractivity contribution >= 4 is 29.4 Å². The van der Waals surface area contributed by atoms with Gasteiger partial charge in [0.25, 0.3) is 0 Å². The fourth-order valence-corrected chi connectivity index (χ4v) is 5.37. The van der Waals surface area contributed by atoms with Gasteiger partial charge in [-0.15, -0.1) is 5.10 Å². The van der Waals surface area contributed by atoms with Crippen molar-refractivity contribution in [1.29, 1.82) is 0 Å². The molecular formula is C29H24ClFN8O5. The van der Waals surface area contributed by atoms with Gasteiger partial charge < -0.3 is 15.1 Å². The van der Waals surface area contributed by atoms with Crippen LogP contribution in [0.4, 0.5) is 14.9 Å². The molecule has 0 spiro atoms. The maximum atomic E-state index is 15.3. The minimum absolute atomic E-state index is 0.0390. The number of aliphatic carboxylic acids is 1. The fraction of sp³-hybridized carbons (Fsp3) is 0.207. The Morgan fingerprint density at radius 1 is 1.18 bits per heavy atom. The number of amides is 1. The van der Waals surface area contributed by atoms with E-state index in [0.717, 1.165) is 11.1 Å². The van der Waals surface area contributed by atoms with E-state index in [0.29, 0.717) is 29.0 Å². The molecule has 1 aliphatic rings. The number of tetrazole rings is 1. The highest BCUT2D eigenvalue weighted by atomic mass is 35.5. The number of methoxy groups -OCH3 is 1. The molecule has 15 heteroatoms. The van der Waals surface area contributed by atoms with E-state index in [-0.39, 0.29) is 27.8 Å². The second-order valence-corrected chi connectivity index (χ2v) is 10.7. The molecule has 1 fully saturated rings. The van der Waals surface area contributed by atoms with Gasteiger partial charge in [-0.1, -0.05) is 23.7 Å². The first-order chi connectivity index (χ1) is 21.2. The van der Waals surface area contributed by atoms with Crippen LogP contribution in [0, 0.1) is 22.9 Å². The van der Waals surface area contributed by atoms with E-state index in [2.05, 4.69) is 30.7 Å². The number of carboxylic acids is 1. The van der Waals surface area contributed by atoms with Crippen LogP contribution in [-0.4, -0.2) is 54.3 Å². The monoisotopic (exact) mass is 618 g/mol. The Morgan fingerprint density at radius 2 is 1.95 bits per heavy atom. The number of carboxylic acid groups (broad SMARTS) is 1. The minimum atomic E-state index is -0.882. The number of anilines is 1. The van der Waals surface area contributed by atoms with E-state index in [9.17, 15) is 19.9 Å². The quantitative estimate of drug-likeness (QED) is 0.179. The van der Waals surface area contributed by atoms with E-state index in [1.165, 1.54) is 30.4 Å². The van der Waals surface area contributed by atoms with Crippen molar-refractivity contribution in [3.05, 3.63) is 95.2 Å². The average molecular weight is 619 g/mol. The third kappa shape index (κ3) is 5.66. The van der Waals surface area contributed by atoms with Crippen molar-refractivity contribution < 1.29 is 28.6 Å². The second-order valence-electron chi connectivity index (χ2n) is 10.3. The van der Waals surface area contributed by atoms with Gasteiger partial charge in [-0.3, -0.25) is 14.8 Å². The normalized spacial score (nSPS) is 16.3. The summed E-state index contributed by atoms with van der Waals surface area (Å²) in [7, 11) is 1.28. The molecule has 5 aromatic rings. The van der Waals surface area contributed by atoms with Crippen molar-refractivity contribution in [3.63, 3.8) is 0 Å². The van der Waals surface area contributed by atoms with Gasteiger partial charge in [0.15, 0.2) is 12.0 Å². The summed E-state index contributed by atoms with van der Waals surface area (Å²) < 4.78 is 23.5. The van der Waals surface area contributed by atoms with Crippen molar-refractivity contribution in [2.24, 2.45) is 11.8 Å². The van der Waals surface area contributed by atoms with Crippen molar-refractivity contribution in [2.45, 2.75) is 18.9 Å². The number of pyridine rings is 1. The van der Waals surface area contributed by atoms with E-state index in [4.69, 9.17) is 11.6 Å². The van der Waals surface area contributed by atoms with E-state index >= 15 is 4.39 Å². The van der Waals surface area contributed by atoms with Gasteiger partial charge in [0, 0.05) is 23.5 Å². The van der Waals surface area contributed by atoms with Crippen LogP contribution in [0.15, 0.2) is 73.4 Å². The number of nitrogens with one attached hydrogen (secondary N) is 1. The van der Waals surface area contributed by atoms with Crippen LogP contribution in [-0.2, 0) is 9.53 Å². The fourth-order valence-electron chi connectivity index (χ4n) is 5.21. The van der Waals surface area contributed by atoms with Crippen LogP contribution >= 0.6 is 11.6 Å². The highest BCUT2D eigenvalue weighted by Crippen LogP contribution is 2.45. The summed E-state index contributed by atoms with van der Waals surface area (Å²) in [4.78, 5) is 23.1. The SMILES string of the molecule is COC(=O)Nc1ccc(-c2cnn(C(C[C@@H]3C[C@@H]3C(=O)O)c3ccc(-c4c(-n5cnnn5)ccc(Cl)c4F)c[n+]3[O-])c2)cc1. The Hall–Kier alpha value is -5.37. The van der Waals surface area contributed by atoms with Crippen LogP contribution < -0.4 is 10.0 Å². The van der Waals surface area contributed by atoms with E-state index in [1.807, 2.05) is 0 Å². The molecule has 3 atom stereocenters. The minimum Gasteiger partial charge on any atom is -0.618 e. The summed E-state index contributed by atoms with van der Waals surface area (Å²) in [6, 6.07) is 12.5. The Morgan fingerprint density at radius 3 is 2.61 bits per heavy atom. The van der Waals surface area contributed by atoms with Gasteiger partial charge in [0.1, 0.15) is 12.4 Å². The summed E-state index contributed by atoms with van der Waals surface area (Å²) in [5.41, 5.74) is 2.95. The van der Waals surface area contributed by atoms with Gasteiger partial charge in [0.05, 0.1) is 41.1 Å². The van der Waals surface area contributed by atoms with Gasteiger partial charge in [-0.2, -0.15) is 14.5 Å². The molecule has 1 saturated carbocycles.